The van der Waals surface area contributed by atoms with Gasteiger partial charge < -0.3 is 15.7 Å². The summed E-state index contributed by atoms with van der Waals surface area (Å²) in [6, 6.07) is 5.24. The molecule has 1 saturated heterocycles. The maximum atomic E-state index is 12.8. The maximum absolute atomic E-state index is 12.8. The van der Waals surface area contributed by atoms with Crippen LogP contribution in [0.2, 0.25) is 0 Å². The number of likely N-dealkylation sites (tertiary alicyclic amines) is 1. The van der Waals surface area contributed by atoms with E-state index in [0.29, 0.717) is 24.9 Å². The van der Waals surface area contributed by atoms with Crippen molar-refractivity contribution < 1.29 is 14.3 Å². The smallest absolute Gasteiger partial charge is 0.253 e. The molecule has 4 N–H and O–H groups in total. The van der Waals surface area contributed by atoms with Crippen molar-refractivity contribution in [2.75, 3.05) is 13.1 Å². The van der Waals surface area contributed by atoms with Crippen LogP contribution >= 0.6 is 0 Å². The first-order valence-electron chi connectivity index (χ1n) is 6.04. The SMILES string of the molecule is N=C(N)[C@]1(O)CCCN(C(=O)c2ccc(F)cc2)C1. The average molecular weight is 265 g/mol. The third kappa shape index (κ3) is 2.73. The number of amidine groups is 1. The zero-order chi connectivity index (χ0) is 14.0. The van der Waals surface area contributed by atoms with Crippen LogP contribution in [0.15, 0.2) is 24.3 Å². The summed E-state index contributed by atoms with van der Waals surface area (Å²) in [4.78, 5) is 13.6. The summed E-state index contributed by atoms with van der Waals surface area (Å²) in [6.07, 6.45) is 0.943. The van der Waals surface area contributed by atoms with E-state index in [9.17, 15) is 14.3 Å². The number of hydrogen-bond donors (Lipinski definition) is 3. The summed E-state index contributed by atoms with van der Waals surface area (Å²) >= 11 is 0. The highest BCUT2D eigenvalue weighted by molar-refractivity contribution is 5.95. The van der Waals surface area contributed by atoms with E-state index in [0.717, 1.165) is 0 Å². The molecule has 2 rings (SSSR count). The Morgan fingerprint density at radius 2 is 2.05 bits per heavy atom. The van der Waals surface area contributed by atoms with Crippen molar-refractivity contribution in [3.8, 4) is 0 Å². The zero-order valence-corrected chi connectivity index (χ0v) is 10.4. The fourth-order valence-electron chi connectivity index (χ4n) is 2.20. The van der Waals surface area contributed by atoms with Gasteiger partial charge in [-0.2, -0.15) is 0 Å². The van der Waals surface area contributed by atoms with Crippen molar-refractivity contribution in [2.24, 2.45) is 5.73 Å². The van der Waals surface area contributed by atoms with Crippen molar-refractivity contribution in [2.45, 2.75) is 18.4 Å². The second-order valence-electron chi connectivity index (χ2n) is 4.78. The van der Waals surface area contributed by atoms with Crippen LogP contribution in [0, 0.1) is 11.2 Å². The van der Waals surface area contributed by atoms with Crippen LogP contribution < -0.4 is 5.73 Å². The van der Waals surface area contributed by atoms with Gasteiger partial charge in [0, 0.05) is 12.1 Å². The zero-order valence-electron chi connectivity index (χ0n) is 10.4. The molecule has 0 aromatic heterocycles. The molecule has 1 aromatic carbocycles. The molecule has 0 unspecified atom stereocenters. The lowest BCUT2D eigenvalue weighted by atomic mass is 9.91. The Labute approximate surface area is 110 Å². The van der Waals surface area contributed by atoms with Crippen LogP contribution in [0.3, 0.4) is 0 Å². The van der Waals surface area contributed by atoms with Gasteiger partial charge in [-0.25, -0.2) is 4.39 Å². The summed E-state index contributed by atoms with van der Waals surface area (Å²) in [5.41, 5.74) is 4.27. The lowest BCUT2D eigenvalue weighted by molar-refractivity contribution is 0.0202. The number of nitrogens with two attached hydrogens (primary N) is 1. The molecule has 1 atom stereocenters. The molecule has 1 aliphatic rings. The maximum Gasteiger partial charge on any atom is 0.253 e. The molecule has 1 aliphatic heterocycles. The highest BCUT2D eigenvalue weighted by atomic mass is 19.1. The first-order chi connectivity index (χ1) is 8.92. The van der Waals surface area contributed by atoms with Gasteiger partial charge in [0.2, 0.25) is 0 Å². The quantitative estimate of drug-likeness (QED) is 0.544. The molecule has 19 heavy (non-hydrogen) atoms. The molecule has 6 heteroatoms. The number of nitrogens with zero attached hydrogens (tertiary/aromatic N) is 1. The minimum atomic E-state index is -1.45. The molecule has 0 aliphatic carbocycles. The van der Waals surface area contributed by atoms with E-state index in [2.05, 4.69) is 0 Å². The van der Waals surface area contributed by atoms with Crippen molar-refractivity contribution in [3.63, 3.8) is 0 Å². The minimum absolute atomic E-state index is 0.00145. The van der Waals surface area contributed by atoms with Crippen LogP contribution in [0.25, 0.3) is 0 Å². The first-order valence-corrected chi connectivity index (χ1v) is 6.04. The van der Waals surface area contributed by atoms with Crippen LogP contribution in [-0.2, 0) is 0 Å². The molecule has 0 radical (unpaired) electrons. The number of nitrogens with one attached hydrogen (secondary N) is 1. The topological polar surface area (TPSA) is 90.4 Å². The summed E-state index contributed by atoms with van der Waals surface area (Å²) in [6.45, 7) is 0.490. The van der Waals surface area contributed by atoms with Crippen molar-refractivity contribution in [1.82, 2.24) is 4.90 Å². The molecule has 1 amide bonds. The fourth-order valence-corrected chi connectivity index (χ4v) is 2.20. The third-order valence-electron chi connectivity index (χ3n) is 3.35. The Balaban J connectivity index is 2.15. The van der Waals surface area contributed by atoms with Gasteiger partial charge in [0.25, 0.3) is 5.91 Å². The summed E-state index contributed by atoms with van der Waals surface area (Å²) < 4.78 is 12.8. The number of aliphatic hydroxyl groups is 1. The van der Waals surface area contributed by atoms with Crippen LogP contribution in [0.1, 0.15) is 23.2 Å². The Morgan fingerprint density at radius 3 is 2.63 bits per heavy atom. The fraction of sp³-hybridized carbons (Fsp3) is 0.385. The molecule has 1 fully saturated rings. The van der Waals surface area contributed by atoms with Gasteiger partial charge >= 0.3 is 0 Å². The number of halogens is 1. The molecule has 0 bridgehead atoms. The molecule has 1 heterocycles. The molecular formula is C13H16FN3O2. The third-order valence-corrected chi connectivity index (χ3v) is 3.35. The summed E-state index contributed by atoms with van der Waals surface area (Å²) in [5.74, 6) is -1.03. The number of amides is 1. The van der Waals surface area contributed by atoms with E-state index >= 15 is 0 Å². The van der Waals surface area contributed by atoms with Gasteiger partial charge in [0.15, 0.2) is 0 Å². The lowest BCUT2D eigenvalue weighted by Gasteiger charge is -2.38. The minimum Gasteiger partial charge on any atom is -0.385 e. The number of β-amino-alcohol motifs (C(OH)–C–C–N with tert-alkyl or cyclic N) is 1. The number of carbonyl (C=O) groups is 1. The van der Waals surface area contributed by atoms with Gasteiger partial charge in [-0.05, 0) is 37.1 Å². The van der Waals surface area contributed by atoms with E-state index < -0.39 is 11.4 Å². The first kappa shape index (κ1) is 13.5. The van der Waals surface area contributed by atoms with Gasteiger partial charge in [-0.15, -0.1) is 0 Å². The number of hydrogen-bond acceptors (Lipinski definition) is 3. The predicted molar refractivity (Wildman–Crippen MR) is 68.4 cm³/mol. The largest absolute Gasteiger partial charge is 0.385 e. The lowest BCUT2D eigenvalue weighted by Crippen LogP contribution is -2.56. The predicted octanol–water partition coefficient (Wildman–Crippen LogP) is 0.729. The number of benzene rings is 1. The highest BCUT2D eigenvalue weighted by Crippen LogP contribution is 2.22. The van der Waals surface area contributed by atoms with E-state index in [1.165, 1.54) is 29.2 Å². The van der Waals surface area contributed by atoms with Crippen molar-refractivity contribution in [1.29, 1.82) is 5.41 Å². The Morgan fingerprint density at radius 1 is 1.42 bits per heavy atom. The Kier molecular flexibility index (Phi) is 3.53. The van der Waals surface area contributed by atoms with Gasteiger partial charge in [-0.3, -0.25) is 10.2 Å². The average Bonchev–Trinajstić information content (AvgIpc) is 2.39. The van der Waals surface area contributed by atoms with E-state index in [-0.39, 0.29) is 18.3 Å². The van der Waals surface area contributed by atoms with Gasteiger partial charge in [-0.1, -0.05) is 0 Å². The number of carbonyl (C=O) groups excluding carboxylic acids is 1. The van der Waals surface area contributed by atoms with E-state index in [4.69, 9.17) is 11.1 Å². The standard InChI is InChI=1S/C13H16FN3O2/c14-10-4-2-9(3-5-10)11(18)17-7-1-6-13(19,8-17)12(15)16/h2-5,19H,1,6-8H2,(H3,15,16)/t13-/m0/s1. The molecule has 5 nitrogen and oxygen atoms in total. The van der Waals surface area contributed by atoms with Crippen molar-refractivity contribution in [3.05, 3.63) is 35.6 Å². The molecule has 0 spiro atoms. The summed E-state index contributed by atoms with van der Waals surface area (Å²) in [7, 11) is 0. The monoisotopic (exact) mass is 265 g/mol. The van der Waals surface area contributed by atoms with Crippen LogP contribution in [0.5, 0.6) is 0 Å². The Bertz CT molecular complexity index is 503. The number of piperidine rings is 1. The summed E-state index contributed by atoms with van der Waals surface area (Å²) in [5, 5.41) is 17.5. The van der Waals surface area contributed by atoms with E-state index in [1.807, 2.05) is 0 Å². The van der Waals surface area contributed by atoms with Crippen LogP contribution in [0.4, 0.5) is 4.39 Å². The second kappa shape index (κ2) is 4.97. The normalized spacial score (nSPS) is 23.2. The van der Waals surface area contributed by atoms with Gasteiger partial charge in [0.1, 0.15) is 17.3 Å². The molecule has 1 aromatic rings. The van der Waals surface area contributed by atoms with E-state index in [1.54, 1.807) is 0 Å². The molecule has 0 saturated carbocycles. The van der Waals surface area contributed by atoms with Crippen molar-refractivity contribution >= 4 is 11.7 Å². The highest BCUT2D eigenvalue weighted by Gasteiger charge is 2.38. The molecular weight excluding hydrogens is 249 g/mol. The molecule has 102 valence electrons. The van der Waals surface area contributed by atoms with Gasteiger partial charge in [0.05, 0.1) is 6.54 Å². The second-order valence-corrected chi connectivity index (χ2v) is 4.78. The number of rotatable bonds is 2. The Hall–Kier alpha value is -1.95. The van der Waals surface area contributed by atoms with Crippen LogP contribution in [-0.4, -0.2) is 40.4 Å².